The van der Waals surface area contributed by atoms with Gasteiger partial charge in [0.25, 0.3) is 0 Å². The first-order chi connectivity index (χ1) is 7.77. The van der Waals surface area contributed by atoms with Gasteiger partial charge in [0.2, 0.25) is 0 Å². The molecule has 0 spiro atoms. The van der Waals surface area contributed by atoms with Crippen molar-refractivity contribution in [3.05, 3.63) is 48.3 Å². The topological polar surface area (TPSA) is 34.9 Å². The maximum absolute atomic E-state index is 11.0. The summed E-state index contributed by atoms with van der Waals surface area (Å²) in [4.78, 5) is 11.0. The zero-order chi connectivity index (χ0) is 12.0. The quantitative estimate of drug-likeness (QED) is 0.723. The molecule has 3 heteroatoms. The highest BCUT2D eigenvalue weighted by molar-refractivity contribution is 5.91. The Hall–Kier alpha value is -1.90. The van der Waals surface area contributed by atoms with E-state index in [4.69, 9.17) is 0 Å². The summed E-state index contributed by atoms with van der Waals surface area (Å²) in [7, 11) is 0. The maximum Gasteiger partial charge on any atom is 0.179 e. The van der Waals surface area contributed by atoms with E-state index in [1.165, 1.54) is 6.92 Å². The predicted molar refractivity (Wildman–Crippen MR) is 64.9 cm³/mol. The SMILES string of the molecule is CC.CC(=O)c1ccn(-c2ccccc2)n1. The fraction of sp³-hybridized carbons (Fsp3) is 0.231. The van der Waals surface area contributed by atoms with Crippen LogP contribution in [0.25, 0.3) is 5.69 Å². The molecule has 16 heavy (non-hydrogen) atoms. The molecule has 0 fully saturated rings. The molecular weight excluding hydrogens is 200 g/mol. The number of benzene rings is 1. The van der Waals surface area contributed by atoms with Crippen molar-refractivity contribution in [3.8, 4) is 5.69 Å². The second-order valence-corrected chi connectivity index (χ2v) is 3.04. The highest BCUT2D eigenvalue weighted by Crippen LogP contribution is 2.06. The van der Waals surface area contributed by atoms with Gasteiger partial charge in [0.15, 0.2) is 5.78 Å². The van der Waals surface area contributed by atoms with Crippen molar-refractivity contribution < 1.29 is 4.79 Å². The zero-order valence-electron chi connectivity index (χ0n) is 9.84. The normalized spacial score (nSPS) is 9.19. The lowest BCUT2D eigenvalue weighted by Gasteiger charge is -1.98. The Balaban J connectivity index is 0.000000606. The third-order valence-corrected chi connectivity index (χ3v) is 1.97. The first-order valence-electron chi connectivity index (χ1n) is 5.39. The first-order valence-corrected chi connectivity index (χ1v) is 5.39. The van der Waals surface area contributed by atoms with E-state index in [1.54, 1.807) is 16.9 Å². The minimum absolute atomic E-state index is 0.0142. The molecule has 0 bridgehead atoms. The smallest absolute Gasteiger partial charge is 0.179 e. The number of rotatable bonds is 2. The molecule has 0 saturated heterocycles. The van der Waals surface area contributed by atoms with Crippen molar-refractivity contribution in [2.24, 2.45) is 0 Å². The number of carbonyl (C=O) groups excluding carboxylic acids is 1. The highest BCUT2D eigenvalue weighted by Gasteiger charge is 2.03. The highest BCUT2D eigenvalue weighted by atomic mass is 16.1. The Labute approximate surface area is 95.7 Å². The van der Waals surface area contributed by atoms with E-state index in [-0.39, 0.29) is 5.78 Å². The Morgan fingerprint density at radius 3 is 2.25 bits per heavy atom. The first kappa shape index (κ1) is 12.2. The Kier molecular flexibility index (Phi) is 4.45. The molecule has 1 heterocycles. The molecular formula is C13H16N2O. The van der Waals surface area contributed by atoms with Crippen LogP contribution >= 0.6 is 0 Å². The number of nitrogens with zero attached hydrogens (tertiary/aromatic N) is 2. The lowest BCUT2D eigenvalue weighted by atomic mass is 10.3. The number of carbonyl (C=O) groups is 1. The van der Waals surface area contributed by atoms with Crippen LogP contribution in [0.2, 0.25) is 0 Å². The van der Waals surface area contributed by atoms with Gasteiger partial charge in [-0.25, -0.2) is 4.68 Å². The van der Waals surface area contributed by atoms with Crippen LogP contribution in [0, 0.1) is 0 Å². The van der Waals surface area contributed by atoms with Crippen molar-refractivity contribution in [2.45, 2.75) is 20.8 Å². The van der Waals surface area contributed by atoms with E-state index in [0.717, 1.165) is 5.69 Å². The van der Waals surface area contributed by atoms with Crippen LogP contribution in [0.1, 0.15) is 31.3 Å². The minimum atomic E-state index is -0.0142. The fourth-order valence-electron chi connectivity index (χ4n) is 1.24. The van der Waals surface area contributed by atoms with Gasteiger partial charge in [-0.05, 0) is 18.2 Å². The van der Waals surface area contributed by atoms with Gasteiger partial charge in [-0.2, -0.15) is 5.10 Å². The molecule has 0 aliphatic rings. The van der Waals surface area contributed by atoms with Gasteiger partial charge in [-0.3, -0.25) is 4.79 Å². The summed E-state index contributed by atoms with van der Waals surface area (Å²) in [6.07, 6.45) is 1.78. The average molecular weight is 216 g/mol. The Morgan fingerprint density at radius 2 is 1.75 bits per heavy atom. The summed E-state index contributed by atoms with van der Waals surface area (Å²) in [6.45, 7) is 5.51. The summed E-state index contributed by atoms with van der Waals surface area (Å²) in [5, 5.41) is 4.15. The number of hydrogen-bond donors (Lipinski definition) is 0. The van der Waals surface area contributed by atoms with E-state index in [9.17, 15) is 4.79 Å². The molecule has 0 aliphatic carbocycles. The molecule has 2 rings (SSSR count). The predicted octanol–water partition coefficient (Wildman–Crippen LogP) is 3.10. The third kappa shape index (κ3) is 2.79. The van der Waals surface area contributed by atoms with Gasteiger partial charge in [-0.15, -0.1) is 0 Å². The van der Waals surface area contributed by atoms with Crippen LogP contribution in [-0.4, -0.2) is 15.6 Å². The summed E-state index contributed by atoms with van der Waals surface area (Å²) in [5.41, 5.74) is 1.45. The summed E-state index contributed by atoms with van der Waals surface area (Å²) in [5.74, 6) is -0.0142. The Morgan fingerprint density at radius 1 is 1.12 bits per heavy atom. The zero-order valence-corrected chi connectivity index (χ0v) is 9.84. The van der Waals surface area contributed by atoms with E-state index < -0.39 is 0 Å². The van der Waals surface area contributed by atoms with Crippen molar-refractivity contribution in [2.75, 3.05) is 0 Å². The van der Waals surface area contributed by atoms with Crippen LogP contribution in [-0.2, 0) is 0 Å². The number of ketones is 1. The molecule has 1 aromatic carbocycles. The number of hydrogen-bond acceptors (Lipinski definition) is 2. The standard InChI is InChI=1S/C11H10N2O.C2H6/c1-9(14)11-7-8-13(12-11)10-5-3-2-4-6-10;1-2/h2-8H,1H3;1-2H3. The van der Waals surface area contributed by atoms with Crippen LogP contribution in [0.3, 0.4) is 0 Å². The summed E-state index contributed by atoms with van der Waals surface area (Å²) in [6, 6.07) is 11.4. The lowest BCUT2D eigenvalue weighted by Crippen LogP contribution is -1.98. The number of Topliss-reactive ketones (excluding diaryl/α,β-unsaturated/α-hetero) is 1. The van der Waals surface area contributed by atoms with E-state index in [2.05, 4.69) is 5.10 Å². The lowest BCUT2D eigenvalue weighted by molar-refractivity contribution is 0.101. The minimum Gasteiger partial charge on any atom is -0.293 e. The van der Waals surface area contributed by atoms with Crippen LogP contribution in [0.5, 0.6) is 0 Å². The molecule has 0 amide bonds. The number of para-hydroxylation sites is 1. The van der Waals surface area contributed by atoms with Crippen LogP contribution < -0.4 is 0 Å². The number of aromatic nitrogens is 2. The van der Waals surface area contributed by atoms with E-state index in [0.29, 0.717) is 5.69 Å². The van der Waals surface area contributed by atoms with Gasteiger partial charge in [-0.1, -0.05) is 32.0 Å². The fourth-order valence-corrected chi connectivity index (χ4v) is 1.24. The molecule has 84 valence electrons. The molecule has 0 radical (unpaired) electrons. The van der Waals surface area contributed by atoms with Crippen LogP contribution in [0.4, 0.5) is 0 Å². The molecule has 0 saturated carbocycles. The third-order valence-electron chi connectivity index (χ3n) is 1.97. The summed E-state index contributed by atoms with van der Waals surface area (Å²) >= 11 is 0. The molecule has 2 aromatic rings. The largest absolute Gasteiger partial charge is 0.293 e. The van der Waals surface area contributed by atoms with E-state index in [1.807, 2.05) is 44.2 Å². The van der Waals surface area contributed by atoms with Gasteiger partial charge in [0, 0.05) is 13.1 Å². The molecule has 0 atom stereocenters. The van der Waals surface area contributed by atoms with Crippen molar-refractivity contribution >= 4 is 5.78 Å². The second-order valence-electron chi connectivity index (χ2n) is 3.04. The second kappa shape index (κ2) is 5.85. The van der Waals surface area contributed by atoms with Gasteiger partial charge >= 0.3 is 0 Å². The van der Waals surface area contributed by atoms with Gasteiger partial charge in [0.05, 0.1) is 5.69 Å². The van der Waals surface area contributed by atoms with Crippen molar-refractivity contribution in [1.29, 1.82) is 0 Å². The van der Waals surface area contributed by atoms with Gasteiger partial charge < -0.3 is 0 Å². The average Bonchev–Trinajstić information content (AvgIpc) is 2.82. The molecule has 3 nitrogen and oxygen atoms in total. The Bertz CT molecular complexity index is 446. The molecule has 0 unspecified atom stereocenters. The monoisotopic (exact) mass is 216 g/mol. The molecule has 0 aliphatic heterocycles. The van der Waals surface area contributed by atoms with E-state index >= 15 is 0 Å². The summed E-state index contributed by atoms with van der Waals surface area (Å²) < 4.78 is 1.69. The maximum atomic E-state index is 11.0. The van der Waals surface area contributed by atoms with Crippen molar-refractivity contribution in [3.63, 3.8) is 0 Å². The van der Waals surface area contributed by atoms with Crippen molar-refractivity contribution in [1.82, 2.24) is 9.78 Å². The van der Waals surface area contributed by atoms with Gasteiger partial charge in [0.1, 0.15) is 5.69 Å². The molecule has 1 aromatic heterocycles. The molecule has 0 N–H and O–H groups in total. The van der Waals surface area contributed by atoms with Crippen LogP contribution in [0.15, 0.2) is 42.6 Å².